The lowest BCUT2D eigenvalue weighted by Crippen LogP contribution is -2.46. The molecule has 0 radical (unpaired) electrons. The highest BCUT2D eigenvalue weighted by Crippen LogP contribution is 2.32. The number of ether oxygens (including phenoxy) is 4. The first-order chi connectivity index (χ1) is 40.6. The Morgan fingerprint density at radius 1 is 0.361 bits per heavy atom. The maximum atomic E-state index is 12.9. The van der Waals surface area contributed by atoms with E-state index in [0.717, 1.165) is 54.5 Å². The summed E-state index contributed by atoms with van der Waals surface area (Å²) in [4.78, 5) is 25.8. The van der Waals surface area contributed by atoms with Crippen molar-refractivity contribution < 1.29 is 54.1 Å². The molecule has 432 valence electrons. The van der Waals surface area contributed by atoms with Crippen molar-refractivity contribution in [3.05, 3.63) is 263 Å². The summed E-state index contributed by atoms with van der Waals surface area (Å²) in [6.07, 6.45) is 0.0763. The molecule has 8 aromatic carbocycles. The zero-order valence-corrected chi connectivity index (χ0v) is 46.7. The van der Waals surface area contributed by atoms with E-state index in [0.29, 0.717) is 64.8 Å². The Hall–Kier alpha value is -7.98. The minimum atomic E-state index is -0.985. The highest BCUT2D eigenvalue weighted by molar-refractivity contribution is 6.09. The summed E-state index contributed by atoms with van der Waals surface area (Å²) < 4.78 is 23.8. The molecule has 0 fully saturated rings. The number of rotatable bonds is 35. The van der Waals surface area contributed by atoms with Gasteiger partial charge in [0.1, 0.15) is 67.7 Å². The molecule has 7 N–H and O–H groups in total. The van der Waals surface area contributed by atoms with Crippen LogP contribution in [0.5, 0.6) is 23.0 Å². The summed E-state index contributed by atoms with van der Waals surface area (Å²) in [5.41, 5.74) is 5.88. The molecule has 8 rings (SSSR count). The molecule has 0 heterocycles. The van der Waals surface area contributed by atoms with Gasteiger partial charge in [-0.25, -0.2) is 0 Å². The van der Waals surface area contributed by atoms with Gasteiger partial charge in [0.05, 0.1) is 12.2 Å². The monoisotopic (exact) mass is 1120 g/mol. The largest absolute Gasteiger partial charge is 0.491 e. The first kappa shape index (κ1) is 61.1. The number of ketones is 2. The lowest BCUT2D eigenvalue weighted by molar-refractivity contribution is 0.0341. The van der Waals surface area contributed by atoms with E-state index >= 15 is 0 Å². The van der Waals surface area contributed by atoms with Gasteiger partial charge in [0.25, 0.3) is 0 Å². The molecule has 0 saturated carbocycles. The number of unbranched alkanes of at least 4 members (excludes halogenated alkanes) is 3. The average Bonchev–Trinajstić information content (AvgIpc) is 3.55. The van der Waals surface area contributed by atoms with Gasteiger partial charge in [0, 0.05) is 40.8 Å². The number of benzene rings is 8. The van der Waals surface area contributed by atoms with Gasteiger partial charge in [-0.1, -0.05) is 158 Å². The molecule has 0 amide bonds. The fourth-order valence-electron chi connectivity index (χ4n) is 9.73. The van der Waals surface area contributed by atoms with Gasteiger partial charge < -0.3 is 55.1 Å². The van der Waals surface area contributed by atoms with Crippen molar-refractivity contribution in [2.24, 2.45) is 0 Å². The van der Waals surface area contributed by atoms with E-state index < -0.39 is 36.6 Å². The van der Waals surface area contributed by atoms with Gasteiger partial charge in [-0.05, 0) is 134 Å². The van der Waals surface area contributed by atoms with Gasteiger partial charge in [-0.2, -0.15) is 0 Å². The molecule has 0 saturated heterocycles. The number of nitrogens with one attached hydrogen (secondary N) is 2. The Morgan fingerprint density at radius 3 is 1.22 bits per heavy atom. The van der Waals surface area contributed by atoms with Crippen LogP contribution in [0.2, 0.25) is 0 Å². The van der Waals surface area contributed by atoms with Crippen LogP contribution in [0.15, 0.2) is 218 Å². The Bertz CT molecular complexity index is 3120. The molecule has 7 unspecified atom stereocenters. The molecule has 0 bridgehead atoms. The molecule has 83 heavy (non-hydrogen) atoms. The molecule has 13 nitrogen and oxygen atoms in total. The number of aliphatic hydroxyl groups excluding tert-OH is 5. The Balaban J connectivity index is 0.734. The second-order valence-electron chi connectivity index (χ2n) is 20.8. The Kier molecular flexibility index (Phi) is 24.0. The maximum absolute atomic E-state index is 12.9. The fraction of sp³-hybridized carbons (Fsp3) is 0.286. The van der Waals surface area contributed by atoms with E-state index in [4.69, 9.17) is 18.9 Å². The molecule has 0 aliphatic rings. The summed E-state index contributed by atoms with van der Waals surface area (Å²) >= 11 is 0. The lowest BCUT2D eigenvalue weighted by Gasteiger charge is -2.27. The van der Waals surface area contributed by atoms with Crippen LogP contribution in [-0.4, -0.2) is 114 Å². The third-order valence-electron chi connectivity index (χ3n) is 14.4. The van der Waals surface area contributed by atoms with Crippen LogP contribution in [0.25, 0.3) is 0 Å². The summed E-state index contributed by atoms with van der Waals surface area (Å²) in [7, 11) is 0. The van der Waals surface area contributed by atoms with Gasteiger partial charge in [0.2, 0.25) is 0 Å². The SMILES string of the molecule is O=C(c1ccccc1)c1ccc(OCC(O)CC(NCCCCCCNCC(O)COc2ccc(C(CC(O)COc3ccc(C(O)c4ccccc4)cc3)c3ccccc3)cc2)C(O)COc2ccc(C(=O)c3ccccc3)cc2)cc1. The molecular formula is C70H76N2O11. The van der Waals surface area contributed by atoms with Crippen molar-refractivity contribution in [2.45, 2.75) is 81.0 Å². The third kappa shape index (κ3) is 19.6. The minimum Gasteiger partial charge on any atom is -0.491 e. The molecule has 13 heteroatoms. The van der Waals surface area contributed by atoms with Crippen LogP contribution in [-0.2, 0) is 0 Å². The standard InChI is InChI=1S/C70H76N2O11/c73-58(46-80-62-35-27-55(28-36-62)68(77)52-19-9-4-10-20-52)43-65(50-17-7-3-8-18-50)51-25-33-61(34-26-51)82-48-60(75)45-71-41-15-1-2-16-42-72-66(67(76)49-83-64-39-31-57(32-40-64)70(79)54-23-13-6-14-24-54)44-59(74)47-81-63-37-29-56(30-38-63)69(78)53-21-11-5-12-22-53/h3-14,17-40,58-60,65-68,71-77H,1-2,15-16,41-49H2. The molecular weight excluding hydrogens is 1040 g/mol. The van der Waals surface area contributed by atoms with Crippen molar-refractivity contribution in [2.75, 3.05) is 46.1 Å². The van der Waals surface area contributed by atoms with E-state index in [2.05, 4.69) is 22.8 Å². The van der Waals surface area contributed by atoms with Gasteiger partial charge >= 0.3 is 0 Å². The highest BCUT2D eigenvalue weighted by Gasteiger charge is 2.25. The van der Waals surface area contributed by atoms with Crippen molar-refractivity contribution in [3.63, 3.8) is 0 Å². The maximum Gasteiger partial charge on any atom is 0.193 e. The molecule has 0 aliphatic heterocycles. The second kappa shape index (κ2) is 32.6. The van der Waals surface area contributed by atoms with Crippen LogP contribution in [0, 0.1) is 0 Å². The summed E-state index contributed by atoms with van der Waals surface area (Å²) in [5.74, 6) is 1.94. The van der Waals surface area contributed by atoms with Crippen molar-refractivity contribution in [3.8, 4) is 23.0 Å². The van der Waals surface area contributed by atoms with E-state index in [9.17, 15) is 35.1 Å². The van der Waals surface area contributed by atoms with Crippen LogP contribution < -0.4 is 29.6 Å². The third-order valence-corrected chi connectivity index (χ3v) is 14.4. The van der Waals surface area contributed by atoms with Crippen LogP contribution in [0.1, 0.15) is 105 Å². The quantitative estimate of drug-likeness (QED) is 0.0147. The van der Waals surface area contributed by atoms with Crippen molar-refractivity contribution in [1.82, 2.24) is 10.6 Å². The lowest BCUT2D eigenvalue weighted by atomic mass is 9.87. The topological polar surface area (TPSA) is 196 Å². The molecule has 8 aromatic rings. The highest BCUT2D eigenvalue weighted by atomic mass is 16.5. The van der Waals surface area contributed by atoms with Crippen LogP contribution >= 0.6 is 0 Å². The van der Waals surface area contributed by atoms with E-state index in [1.54, 1.807) is 84.9 Å². The normalized spacial score (nSPS) is 13.8. The first-order valence-corrected chi connectivity index (χ1v) is 28.6. The number of aliphatic hydroxyl groups is 5. The summed E-state index contributed by atoms with van der Waals surface area (Å²) in [5, 5.41) is 62.1. The minimum absolute atomic E-state index is 0.0296. The number of hydrogen-bond donors (Lipinski definition) is 7. The fourth-order valence-corrected chi connectivity index (χ4v) is 9.73. The molecule has 0 spiro atoms. The predicted molar refractivity (Wildman–Crippen MR) is 323 cm³/mol. The summed E-state index contributed by atoms with van der Waals surface area (Å²) in [6.45, 7) is 1.83. The van der Waals surface area contributed by atoms with Gasteiger partial charge in [-0.3, -0.25) is 9.59 Å². The van der Waals surface area contributed by atoms with E-state index in [1.165, 1.54) is 0 Å². The van der Waals surface area contributed by atoms with Crippen LogP contribution in [0.3, 0.4) is 0 Å². The van der Waals surface area contributed by atoms with Gasteiger partial charge in [-0.15, -0.1) is 0 Å². The zero-order valence-electron chi connectivity index (χ0n) is 46.7. The van der Waals surface area contributed by atoms with E-state index in [-0.39, 0.29) is 50.3 Å². The predicted octanol–water partition coefficient (Wildman–Crippen LogP) is 10.3. The van der Waals surface area contributed by atoms with Crippen molar-refractivity contribution >= 4 is 11.6 Å². The molecule has 7 atom stereocenters. The Morgan fingerprint density at radius 2 is 0.723 bits per heavy atom. The summed E-state index contributed by atoms with van der Waals surface area (Å²) in [6, 6.07) is 65.7. The van der Waals surface area contributed by atoms with Crippen molar-refractivity contribution in [1.29, 1.82) is 0 Å². The van der Waals surface area contributed by atoms with Gasteiger partial charge in [0.15, 0.2) is 11.6 Å². The number of carbonyl (C=O) groups is 2. The smallest absolute Gasteiger partial charge is 0.193 e. The first-order valence-electron chi connectivity index (χ1n) is 28.6. The Labute approximate surface area is 487 Å². The second-order valence-corrected chi connectivity index (χ2v) is 20.8. The average molecular weight is 1120 g/mol. The van der Waals surface area contributed by atoms with Crippen LogP contribution in [0.4, 0.5) is 0 Å². The molecule has 0 aromatic heterocycles. The number of carbonyl (C=O) groups excluding carboxylic acids is 2. The zero-order chi connectivity index (χ0) is 58.0. The van der Waals surface area contributed by atoms with E-state index in [1.807, 2.05) is 121 Å². The number of hydrogen-bond acceptors (Lipinski definition) is 13. The molecule has 0 aliphatic carbocycles.